The van der Waals surface area contributed by atoms with Crippen molar-refractivity contribution < 1.29 is 22.3 Å². The van der Waals surface area contributed by atoms with Gasteiger partial charge in [0.1, 0.15) is 6.61 Å². The molecule has 0 atom stereocenters. The van der Waals surface area contributed by atoms with E-state index >= 15 is 0 Å². The number of amides is 1. The van der Waals surface area contributed by atoms with Crippen molar-refractivity contribution in [1.29, 1.82) is 0 Å². The Kier molecular flexibility index (Phi) is 6.00. The maximum absolute atomic E-state index is 14.3. The summed E-state index contributed by atoms with van der Waals surface area (Å²) in [6, 6.07) is 5.92. The van der Waals surface area contributed by atoms with E-state index in [-0.39, 0.29) is 22.8 Å². The van der Waals surface area contributed by atoms with Crippen LogP contribution in [0.25, 0.3) is 11.3 Å². The van der Waals surface area contributed by atoms with Crippen LogP contribution >= 0.6 is 11.3 Å². The topological polar surface area (TPSA) is 81.5 Å². The van der Waals surface area contributed by atoms with Crippen LogP contribution in [0.4, 0.5) is 9.18 Å². The molecule has 3 rings (SSSR count). The Morgan fingerprint density at radius 3 is 2.67 bits per heavy atom. The molecule has 0 aliphatic rings. The number of aromatic nitrogens is 2. The van der Waals surface area contributed by atoms with Crippen LogP contribution in [0.2, 0.25) is 0 Å². The van der Waals surface area contributed by atoms with Gasteiger partial charge in [0.2, 0.25) is 5.95 Å². The predicted molar refractivity (Wildman–Crippen MR) is 112 cm³/mol. The average molecular weight is 452 g/mol. The molecule has 10 heteroatoms. The number of hydrogen-bond acceptors (Lipinski definition) is 6. The molecule has 0 radical (unpaired) electrons. The average Bonchev–Trinajstić information content (AvgIpc) is 3.36. The summed E-state index contributed by atoms with van der Waals surface area (Å²) in [4.78, 5) is 17.4. The fraction of sp³-hybridized carbons (Fsp3) is 0.300. The van der Waals surface area contributed by atoms with Crippen LogP contribution in [0.1, 0.15) is 26.3 Å². The van der Waals surface area contributed by atoms with Crippen molar-refractivity contribution in [3.63, 3.8) is 0 Å². The molecule has 3 aromatic heterocycles. The maximum Gasteiger partial charge on any atom is 0.410 e. The lowest BCUT2D eigenvalue weighted by Gasteiger charge is -2.30. The molecular weight excluding hydrogens is 429 g/mol. The molecule has 0 fully saturated rings. The summed E-state index contributed by atoms with van der Waals surface area (Å²) in [5.41, 5.74) is 0.0976. The molecule has 160 valence electrons. The molecule has 30 heavy (non-hydrogen) atoms. The Hall–Kier alpha value is -2.72. The van der Waals surface area contributed by atoms with Crippen molar-refractivity contribution in [1.82, 2.24) is 13.9 Å². The third-order valence-corrected chi connectivity index (χ3v) is 7.07. The van der Waals surface area contributed by atoms with Gasteiger partial charge in [-0.05, 0) is 50.4 Å². The minimum Gasteiger partial charge on any atom is -0.444 e. The van der Waals surface area contributed by atoms with Gasteiger partial charge < -0.3 is 9.64 Å². The van der Waals surface area contributed by atoms with E-state index in [1.807, 2.05) is 20.8 Å². The van der Waals surface area contributed by atoms with Crippen molar-refractivity contribution in [3.8, 4) is 11.3 Å². The normalized spacial score (nSPS) is 12.0. The van der Waals surface area contributed by atoms with E-state index < -0.39 is 27.6 Å². The number of carbonyl (C=O) groups excluding carboxylic acids is 1. The van der Waals surface area contributed by atoms with Gasteiger partial charge in [0, 0.05) is 35.9 Å². The maximum atomic E-state index is 14.3. The summed E-state index contributed by atoms with van der Waals surface area (Å²) in [6.45, 7) is 5.42. The fourth-order valence-electron chi connectivity index (χ4n) is 2.58. The standard InChI is InChI=1S/C20H22FN3O4S2/c1-20(2,3)23(4)19(25)28-12-14-10-17(16-6-5-8-22-18(16)21)24(11-14)30(26,27)15-7-9-29-13-15/h5-11,13H,12H2,1-4H3. The van der Waals surface area contributed by atoms with Gasteiger partial charge in [-0.3, -0.25) is 0 Å². The van der Waals surface area contributed by atoms with Crippen molar-refractivity contribution in [2.24, 2.45) is 0 Å². The molecule has 0 spiro atoms. The van der Waals surface area contributed by atoms with Crippen LogP contribution in [0.3, 0.4) is 0 Å². The first-order chi connectivity index (χ1) is 14.0. The van der Waals surface area contributed by atoms with Gasteiger partial charge >= 0.3 is 6.09 Å². The van der Waals surface area contributed by atoms with Gasteiger partial charge in [0.25, 0.3) is 10.0 Å². The first-order valence-corrected chi connectivity index (χ1v) is 11.4. The first kappa shape index (κ1) is 22.0. The Balaban J connectivity index is 2.00. The zero-order chi connectivity index (χ0) is 22.1. The lowest BCUT2D eigenvalue weighted by Crippen LogP contribution is -2.42. The number of nitrogens with zero attached hydrogens (tertiary/aromatic N) is 3. The van der Waals surface area contributed by atoms with E-state index in [1.54, 1.807) is 12.4 Å². The number of carbonyl (C=O) groups is 1. The number of halogens is 1. The van der Waals surface area contributed by atoms with Crippen LogP contribution in [0.5, 0.6) is 0 Å². The van der Waals surface area contributed by atoms with Gasteiger partial charge in [-0.1, -0.05) is 0 Å². The second-order valence-corrected chi connectivity index (χ2v) is 10.2. The van der Waals surface area contributed by atoms with Crippen molar-refractivity contribution in [2.75, 3.05) is 7.05 Å². The van der Waals surface area contributed by atoms with E-state index in [0.29, 0.717) is 5.56 Å². The number of thiophene rings is 1. The van der Waals surface area contributed by atoms with E-state index in [9.17, 15) is 17.6 Å². The fourth-order valence-corrected chi connectivity index (χ4v) is 4.98. The monoisotopic (exact) mass is 451 g/mol. The molecule has 0 bridgehead atoms. The highest BCUT2D eigenvalue weighted by atomic mass is 32.2. The van der Waals surface area contributed by atoms with E-state index in [4.69, 9.17) is 4.74 Å². The molecule has 0 saturated carbocycles. The SMILES string of the molecule is CN(C(=O)OCc1cc(-c2cccnc2F)n(S(=O)(=O)c2ccsc2)c1)C(C)(C)C. The second kappa shape index (κ2) is 8.19. The number of rotatable bonds is 5. The molecule has 3 aromatic rings. The molecule has 0 aliphatic carbocycles. The molecule has 0 N–H and O–H groups in total. The van der Waals surface area contributed by atoms with Gasteiger partial charge in [-0.2, -0.15) is 15.7 Å². The van der Waals surface area contributed by atoms with Crippen molar-refractivity contribution in [3.05, 3.63) is 58.9 Å². The minimum atomic E-state index is -3.97. The zero-order valence-corrected chi connectivity index (χ0v) is 18.6. The predicted octanol–water partition coefficient (Wildman–Crippen LogP) is 4.35. The molecule has 0 aliphatic heterocycles. The highest BCUT2D eigenvalue weighted by Crippen LogP contribution is 2.29. The highest BCUT2D eigenvalue weighted by molar-refractivity contribution is 7.90. The Bertz CT molecular complexity index is 1150. The summed E-state index contributed by atoms with van der Waals surface area (Å²) in [5.74, 6) is -0.798. The largest absolute Gasteiger partial charge is 0.444 e. The van der Waals surface area contributed by atoms with Crippen LogP contribution in [0.15, 0.2) is 52.3 Å². The summed E-state index contributed by atoms with van der Waals surface area (Å²) in [5, 5.41) is 3.14. The molecule has 0 saturated heterocycles. The summed E-state index contributed by atoms with van der Waals surface area (Å²) in [6.07, 6.45) is 2.06. The molecule has 0 aromatic carbocycles. The lowest BCUT2D eigenvalue weighted by atomic mass is 10.1. The summed E-state index contributed by atoms with van der Waals surface area (Å²) in [7, 11) is -2.35. The van der Waals surface area contributed by atoms with Crippen molar-refractivity contribution in [2.45, 2.75) is 37.8 Å². The molecule has 1 amide bonds. The van der Waals surface area contributed by atoms with Crippen LogP contribution < -0.4 is 0 Å². The molecular formula is C20H22FN3O4S2. The number of pyridine rings is 1. The highest BCUT2D eigenvalue weighted by Gasteiger charge is 2.26. The van der Waals surface area contributed by atoms with E-state index in [1.165, 1.54) is 58.3 Å². The third-order valence-electron chi connectivity index (χ3n) is 4.57. The second-order valence-electron chi connectivity index (χ2n) is 7.62. The quantitative estimate of drug-likeness (QED) is 0.539. The first-order valence-electron chi connectivity index (χ1n) is 9.02. The smallest absolute Gasteiger partial charge is 0.410 e. The van der Waals surface area contributed by atoms with Crippen molar-refractivity contribution >= 4 is 27.5 Å². The Labute approximate surface area is 178 Å². The summed E-state index contributed by atoms with van der Waals surface area (Å²) < 4.78 is 46.9. The number of ether oxygens (including phenoxy) is 1. The van der Waals surface area contributed by atoms with Gasteiger partial charge in [0.05, 0.1) is 16.2 Å². The van der Waals surface area contributed by atoms with Crippen LogP contribution in [-0.4, -0.2) is 41.0 Å². The van der Waals surface area contributed by atoms with Gasteiger partial charge in [-0.15, -0.1) is 0 Å². The molecule has 0 unspecified atom stereocenters. The lowest BCUT2D eigenvalue weighted by molar-refractivity contribution is 0.0759. The van der Waals surface area contributed by atoms with E-state index in [0.717, 1.165) is 3.97 Å². The Morgan fingerprint density at radius 1 is 1.33 bits per heavy atom. The van der Waals surface area contributed by atoms with Gasteiger partial charge in [0.15, 0.2) is 0 Å². The van der Waals surface area contributed by atoms with Gasteiger partial charge in [-0.25, -0.2) is 22.2 Å². The van der Waals surface area contributed by atoms with E-state index in [2.05, 4.69) is 4.98 Å². The van der Waals surface area contributed by atoms with Crippen LogP contribution in [-0.2, 0) is 21.4 Å². The Morgan fingerprint density at radius 2 is 2.07 bits per heavy atom. The van der Waals surface area contributed by atoms with Crippen LogP contribution in [0, 0.1) is 5.95 Å². The number of hydrogen-bond donors (Lipinski definition) is 0. The molecule has 3 heterocycles. The summed E-state index contributed by atoms with van der Waals surface area (Å²) >= 11 is 1.24. The zero-order valence-electron chi connectivity index (χ0n) is 17.0. The minimum absolute atomic E-state index is 0.0284. The molecule has 7 nitrogen and oxygen atoms in total. The third kappa shape index (κ3) is 4.39.